The molecule has 128 valence electrons. The van der Waals surface area contributed by atoms with Gasteiger partial charge in [-0.3, -0.25) is 4.79 Å². The van der Waals surface area contributed by atoms with Crippen molar-refractivity contribution in [1.29, 1.82) is 0 Å². The van der Waals surface area contributed by atoms with E-state index in [-0.39, 0.29) is 23.8 Å². The monoisotopic (exact) mass is 392 g/mol. The van der Waals surface area contributed by atoms with E-state index < -0.39 is 0 Å². The summed E-state index contributed by atoms with van der Waals surface area (Å²) in [7, 11) is 3.87. The zero-order valence-corrected chi connectivity index (χ0v) is 15.3. The number of halogens is 1. The molecule has 0 radical (unpaired) electrons. The average molecular weight is 393 g/mol. The third-order valence-corrected chi connectivity index (χ3v) is 4.49. The number of carbonyl (C=O) groups is 1. The molecule has 0 atom stereocenters. The van der Waals surface area contributed by atoms with Crippen LogP contribution in [-0.4, -0.2) is 48.2 Å². The molecule has 3 N–H and O–H groups in total. The largest absolute Gasteiger partial charge is 0.507 e. The van der Waals surface area contributed by atoms with Crippen molar-refractivity contribution >= 4 is 21.8 Å². The molecule has 2 rings (SSSR count). The summed E-state index contributed by atoms with van der Waals surface area (Å²) in [5.74, 6) is -0.319. The van der Waals surface area contributed by atoms with E-state index in [9.17, 15) is 15.0 Å². The second-order valence-electron chi connectivity index (χ2n) is 5.78. The molecule has 2 aromatic carbocycles. The highest BCUT2D eigenvalue weighted by atomic mass is 79.9. The van der Waals surface area contributed by atoms with Crippen LogP contribution in [0.3, 0.4) is 0 Å². The number of amides is 1. The standard InChI is InChI=1S/C18H21BrN2O3/c1-21(2)9-8-20-16(24)10-13-17(12-6-4-3-5-7-12)14(22)11-15(23)18(13)19/h3-7,11,22-23H,8-10H2,1-2H3,(H,20,24). The van der Waals surface area contributed by atoms with Crippen molar-refractivity contribution in [2.75, 3.05) is 27.2 Å². The zero-order valence-electron chi connectivity index (χ0n) is 13.7. The molecule has 0 fully saturated rings. The molecule has 6 heteroatoms. The van der Waals surface area contributed by atoms with Crippen LogP contribution in [0.2, 0.25) is 0 Å². The van der Waals surface area contributed by atoms with Crippen LogP contribution in [0.4, 0.5) is 0 Å². The Kier molecular flexibility index (Phi) is 6.23. The number of hydrogen-bond donors (Lipinski definition) is 3. The fourth-order valence-electron chi connectivity index (χ4n) is 2.42. The Bertz CT molecular complexity index is 718. The van der Waals surface area contributed by atoms with Gasteiger partial charge in [0.2, 0.25) is 5.91 Å². The number of benzene rings is 2. The van der Waals surface area contributed by atoms with Crippen molar-refractivity contribution in [3.63, 3.8) is 0 Å². The molecule has 5 nitrogen and oxygen atoms in total. The highest BCUT2D eigenvalue weighted by Crippen LogP contribution is 2.42. The van der Waals surface area contributed by atoms with Gasteiger partial charge < -0.3 is 20.4 Å². The first-order chi connectivity index (χ1) is 11.4. The Labute approximate surface area is 150 Å². The number of hydrogen-bond acceptors (Lipinski definition) is 4. The fourth-order valence-corrected chi connectivity index (χ4v) is 2.87. The lowest BCUT2D eigenvalue weighted by Crippen LogP contribution is -2.32. The first-order valence-electron chi connectivity index (χ1n) is 7.60. The average Bonchev–Trinajstić information content (AvgIpc) is 2.53. The van der Waals surface area contributed by atoms with E-state index in [1.807, 2.05) is 49.3 Å². The minimum atomic E-state index is -0.167. The third kappa shape index (κ3) is 4.49. The number of phenolic OH excluding ortho intramolecular Hbond substituents is 2. The topological polar surface area (TPSA) is 72.8 Å². The van der Waals surface area contributed by atoms with Crippen LogP contribution in [0, 0.1) is 0 Å². The normalized spacial score (nSPS) is 10.8. The molecule has 0 aliphatic carbocycles. The Morgan fingerprint density at radius 3 is 2.46 bits per heavy atom. The number of carbonyl (C=O) groups excluding carboxylic acids is 1. The van der Waals surface area contributed by atoms with Crippen molar-refractivity contribution in [2.24, 2.45) is 0 Å². The number of nitrogens with one attached hydrogen (secondary N) is 1. The summed E-state index contributed by atoms with van der Waals surface area (Å²) in [6.45, 7) is 1.28. The first kappa shape index (κ1) is 18.3. The van der Waals surface area contributed by atoms with Crippen LogP contribution < -0.4 is 5.32 Å². The molecule has 2 aromatic rings. The van der Waals surface area contributed by atoms with Gasteiger partial charge in [0.1, 0.15) is 11.5 Å². The van der Waals surface area contributed by atoms with Gasteiger partial charge in [-0.25, -0.2) is 0 Å². The molecule has 24 heavy (non-hydrogen) atoms. The quantitative estimate of drug-likeness (QED) is 0.706. The number of likely N-dealkylation sites (N-methyl/N-ethyl adjacent to an activating group) is 1. The van der Waals surface area contributed by atoms with Gasteiger partial charge >= 0.3 is 0 Å². The number of nitrogens with zero attached hydrogens (tertiary/aromatic N) is 1. The lowest BCUT2D eigenvalue weighted by Gasteiger charge is -2.16. The molecule has 0 heterocycles. The van der Waals surface area contributed by atoms with Gasteiger partial charge in [-0.15, -0.1) is 0 Å². The maximum absolute atomic E-state index is 12.2. The van der Waals surface area contributed by atoms with E-state index in [2.05, 4.69) is 21.2 Å². The fraction of sp³-hybridized carbons (Fsp3) is 0.278. The predicted octanol–water partition coefficient (Wildman–Crippen LogP) is 2.75. The minimum Gasteiger partial charge on any atom is -0.507 e. The Balaban J connectivity index is 2.32. The van der Waals surface area contributed by atoms with Crippen LogP contribution in [0.1, 0.15) is 5.56 Å². The molecule has 0 saturated heterocycles. The van der Waals surface area contributed by atoms with Crippen LogP contribution in [0.5, 0.6) is 11.5 Å². The van der Waals surface area contributed by atoms with E-state index in [1.165, 1.54) is 6.07 Å². The van der Waals surface area contributed by atoms with Gasteiger partial charge in [0, 0.05) is 24.7 Å². The number of aromatic hydroxyl groups is 2. The minimum absolute atomic E-state index is 0.0558. The van der Waals surface area contributed by atoms with E-state index in [0.29, 0.717) is 22.1 Å². The second kappa shape index (κ2) is 8.17. The molecule has 0 aliphatic heterocycles. The van der Waals surface area contributed by atoms with Gasteiger partial charge in [-0.1, -0.05) is 30.3 Å². The zero-order chi connectivity index (χ0) is 17.7. The van der Waals surface area contributed by atoms with Gasteiger partial charge in [0.15, 0.2) is 0 Å². The molecule has 0 spiro atoms. The summed E-state index contributed by atoms with van der Waals surface area (Å²) in [4.78, 5) is 14.2. The summed E-state index contributed by atoms with van der Waals surface area (Å²) in [5.41, 5.74) is 1.89. The van der Waals surface area contributed by atoms with Gasteiger partial charge in [-0.05, 0) is 41.2 Å². The van der Waals surface area contributed by atoms with E-state index in [4.69, 9.17) is 0 Å². The maximum Gasteiger partial charge on any atom is 0.224 e. The summed E-state index contributed by atoms with van der Waals surface area (Å²) in [6, 6.07) is 10.6. The lowest BCUT2D eigenvalue weighted by atomic mass is 9.96. The van der Waals surface area contributed by atoms with Gasteiger partial charge in [-0.2, -0.15) is 0 Å². The predicted molar refractivity (Wildman–Crippen MR) is 98.2 cm³/mol. The Hall–Kier alpha value is -2.05. The van der Waals surface area contributed by atoms with Crippen molar-refractivity contribution in [2.45, 2.75) is 6.42 Å². The maximum atomic E-state index is 12.2. The van der Waals surface area contributed by atoms with Crippen LogP contribution >= 0.6 is 15.9 Å². The smallest absolute Gasteiger partial charge is 0.224 e. The molecule has 1 amide bonds. The Morgan fingerprint density at radius 2 is 1.83 bits per heavy atom. The molecular formula is C18H21BrN2O3. The van der Waals surface area contributed by atoms with Crippen molar-refractivity contribution in [3.05, 3.63) is 46.4 Å². The van der Waals surface area contributed by atoms with Crippen molar-refractivity contribution in [3.8, 4) is 22.6 Å². The lowest BCUT2D eigenvalue weighted by molar-refractivity contribution is -0.120. The number of phenols is 2. The highest BCUT2D eigenvalue weighted by Gasteiger charge is 2.19. The summed E-state index contributed by atoms with van der Waals surface area (Å²) >= 11 is 3.33. The van der Waals surface area contributed by atoms with Crippen LogP contribution in [0.15, 0.2) is 40.9 Å². The number of rotatable bonds is 6. The van der Waals surface area contributed by atoms with Crippen LogP contribution in [0.25, 0.3) is 11.1 Å². The SMILES string of the molecule is CN(C)CCNC(=O)Cc1c(Br)c(O)cc(O)c1-c1ccccc1. The molecule has 0 bridgehead atoms. The van der Waals surface area contributed by atoms with Crippen LogP contribution in [-0.2, 0) is 11.2 Å². The van der Waals surface area contributed by atoms with Gasteiger partial charge in [0.05, 0.1) is 10.9 Å². The first-order valence-corrected chi connectivity index (χ1v) is 8.39. The van der Waals surface area contributed by atoms with Crippen molar-refractivity contribution in [1.82, 2.24) is 10.2 Å². The molecule has 0 aliphatic rings. The summed E-state index contributed by atoms with van der Waals surface area (Å²) in [6.07, 6.45) is 0.0558. The summed E-state index contributed by atoms with van der Waals surface area (Å²) in [5, 5.41) is 23.1. The second-order valence-corrected chi connectivity index (χ2v) is 6.57. The molecule has 0 saturated carbocycles. The molecule has 0 unspecified atom stereocenters. The van der Waals surface area contributed by atoms with E-state index in [0.717, 1.165) is 12.1 Å². The van der Waals surface area contributed by atoms with E-state index in [1.54, 1.807) is 0 Å². The molecular weight excluding hydrogens is 372 g/mol. The third-order valence-electron chi connectivity index (χ3n) is 3.60. The van der Waals surface area contributed by atoms with Gasteiger partial charge in [0.25, 0.3) is 0 Å². The summed E-state index contributed by atoms with van der Waals surface area (Å²) < 4.78 is 0.418. The highest BCUT2D eigenvalue weighted by molar-refractivity contribution is 9.10. The van der Waals surface area contributed by atoms with Crippen molar-refractivity contribution < 1.29 is 15.0 Å². The molecule has 0 aromatic heterocycles. The Morgan fingerprint density at radius 1 is 1.17 bits per heavy atom. The van der Waals surface area contributed by atoms with E-state index >= 15 is 0 Å².